The van der Waals surface area contributed by atoms with Crippen LogP contribution in [0.15, 0.2) is 16.6 Å². The Hall–Kier alpha value is -0.520. The zero-order chi connectivity index (χ0) is 13.8. The topological polar surface area (TPSA) is 21.3 Å². The van der Waals surface area contributed by atoms with Crippen LogP contribution in [0.4, 0.5) is 8.78 Å². The smallest absolute Gasteiger partial charge is 0.143 e. The van der Waals surface area contributed by atoms with E-state index in [9.17, 15) is 8.78 Å². The Bertz CT molecular complexity index is 436. The van der Waals surface area contributed by atoms with E-state index < -0.39 is 11.6 Å². The molecule has 0 aliphatic carbocycles. The van der Waals surface area contributed by atoms with Gasteiger partial charge < -0.3 is 10.1 Å². The maximum Gasteiger partial charge on any atom is 0.143 e. The molecule has 1 aliphatic rings. The molecule has 5 heteroatoms. The standard InChI is InChI=1S/C14H18BrF2NO/c1-18-9(7-10-3-2-6-19-10)8-11-13(16)5-4-12(15)14(11)17/h4-5,9-10,18H,2-3,6-8H2,1H3. The molecular formula is C14H18BrF2NO. The summed E-state index contributed by atoms with van der Waals surface area (Å²) in [4.78, 5) is 0. The number of hydrogen-bond donors (Lipinski definition) is 1. The van der Waals surface area contributed by atoms with E-state index in [1.165, 1.54) is 12.1 Å². The van der Waals surface area contributed by atoms with Gasteiger partial charge in [0.1, 0.15) is 11.6 Å². The maximum atomic E-state index is 13.9. The second kappa shape index (κ2) is 6.77. The van der Waals surface area contributed by atoms with Gasteiger partial charge in [-0.05, 0) is 60.8 Å². The number of halogens is 3. The van der Waals surface area contributed by atoms with Crippen LogP contribution >= 0.6 is 15.9 Å². The van der Waals surface area contributed by atoms with Gasteiger partial charge in [0.2, 0.25) is 0 Å². The number of likely N-dealkylation sites (N-methyl/N-ethyl adjacent to an activating group) is 1. The summed E-state index contributed by atoms with van der Waals surface area (Å²) in [7, 11) is 1.81. The van der Waals surface area contributed by atoms with E-state index in [1.54, 1.807) is 0 Å². The van der Waals surface area contributed by atoms with Crippen molar-refractivity contribution >= 4 is 15.9 Å². The molecule has 0 spiro atoms. The summed E-state index contributed by atoms with van der Waals surface area (Å²) < 4.78 is 33.5. The molecule has 2 nitrogen and oxygen atoms in total. The molecule has 2 rings (SSSR count). The Balaban J connectivity index is 2.07. The summed E-state index contributed by atoms with van der Waals surface area (Å²) in [5, 5.41) is 3.12. The first-order chi connectivity index (χ1) is 9.11. The lowest BCUT2D eigenvalue weighted by molar-refractivity contribution is 0.0952. The Morgan fingerprint density at radius 3 is 2.89 bits per heavy atom. The van der Waals surface area contributed by atoms with Crippen LogP contribution in [-0.2, 0) is 11.2 Å². The third kappa shape index (κ3) is 3.74. The monoisotopic (exact) mass is 333 g/mol. The normalized spacial score (nSPS) is 20.7. The molecule has 1 aromatic carbocycles. The second-order valence-electron chi connectivity index (χ2n) is 4.88. The fourth-order valence-corrected chi connectivity index (χ4v) is 2.82. The van der Waals surface area contributed by atoms with Crippen LogP contribution in [0.1, 0.15) is 24.8 Å². The van der Waals surface area contributed by atoms with Gasteiger partial charge in [-0.2, -0.15) is 0 Å². The van der Waals surface area contributed by atoms with Crippen molar-refractivity contribution in [1.29, 1.82) is 0 Å². The highest BCUT2D eigenvalue weighted by Crippen LogP contribution is 2.25. The van der Waals surface area contributed by atoms with Crippen LogP contribution in [0.2, 0.25) is 0 Å². The zero-order valence-corrected chi connectivity index (χ0v) is 12.5. The van der Waals surface area contributed by atoms with Crippen LogP contribution in [0.3, 0.4) is 0 Å². The largest absolute Gasteiger partial charge is 0.378 e. The lowest BCUT2D eigenvalue weighted by Gasteiger charge is -2.20. The van der Waals surface area contributed by atoms with Gasteiger partial charge in [0.15, 0.2) is 0 Å². The third-order valence-corrected chi connectivity index (χ3v) is 4.18. The zero-order valence-electron chi connectivity index (χ0n) is 10.9. The number of hydrogen-bond acceptors (Lipinski definition) is 2. The fourth-order valence-electron chi connectivity index (χ4n) is 2.45. The van der Waals surface area contributed by atoms with E-state index >= 15 is 0 Å². The fraction of sp³-hybridized carbons (Fsp3) is 0.571. The van der Waals surface area contributed by atoms with Crippen LogP contribution in [0, 0.1) is 11.6 Å². The van der Waals surface area contributed by atoms with Gasteiger partial charge in [0.05, 0.1) is 10.6 Å². The quantitative estimate of drug-likeness (QED) is 0.833. The van der Waals surface area contributed by atoms with Gasteiger partial charge in [-0.15, -0.1) is 0 Å². The maximum absolute atomic E-state index is 13.9. The summed E-state index contributed by atoms with van der Waals surface area (Å²) in [6.45, 7) is 0.792. The van der Waals surface area contributed by atoms with Crippen molar-refractivity contribution in [3.63, 3.8) is 0 Å². The predicted octanol–water partition coefficient (Wildman–Crippen LogP) is 3.43. The molecule has 2 atom stereocenters. The third-order valence-electron chi connectivity index (χ3n) is 3.57. The first kappa shape index (κ1) is 14.9. The number of benzene rings is 1. The molecule has 0 radical (unpaired) electrons. The van der Waals surface area contributed by atoms with Crippen molar-refractivity contribution in [2.24, 2.45) is 0 Å². The lowest BCUT2D eigenvalue weighted by atomic mass is 9.99. The average Bonchev–Trinajstić information content (AvgIpc) is 2.90. The summed E-state index contributed by atoms with van der Waals surface area (Å²) in [5.74, 6) is -0.999. The van der Waals surface area contributed by atoms with Crippen LogP contribution < -0.4 is 5.32 Å². The molecule has 0 amide bonds. The molecule has 1 N–H and O–H groups in total. The molecule has 0 saturated carbocycles. The Kier molecular flexibility index (Phi) is 5.30. The summed E-state index contributed by atoms with van der Waals surface area (Å²) >= 11 is 3.09. The van der Waals surface area contributed by atoms with Crippen molar-refractivity contribution in [2.75, 3.05) is 13.7 Å². The van der Waals surface area contributed by atoms with Crippen molar-refractivity contribution in [1.82, 2.24) is 5.32 Å². The SMILES string of the molecule is CNC(Cc1c(F)ccc(Br)c1F)CC1CCCO1. The van der Waals surface area contributed by atoms with Gasteiger partial charge >= 0.3 is 0 Å². The number of ether oxygens (including phenoxy) is 1. The molecule has 1 heterocycles. The second-order valence-corrected chi connectivity index (χ2v) is 5.74. The average molecular weight is 334 g/mol. The molecule has 1 aromatic rings. The molecule has 106 valence electrons. The van der Waals surface area contributed by atoms with E-state index in [0.717, 1.165) is 25.9 Å². The molecule has 1 aliphatic heterocycles. The Morgan fingerprint density at radius 1 is 1.47 bits per heavy atom. The van der Waals surface area contributed by atoms with Crippen molar-refractivity contribution < 1.29 is 13.5 Å². The molecule has 0 bridgehead atoms. The van der Waals surface area contributed by atoms with Crippen LogP contribution in [-0.4, -0.2) is 25.8 Å². The van der Waals surface area contributed by atoms with Gasteiger partial charge in [-0.3, -0.25) is 0 Å². The summed E-state index contributed by atoms with van der Waals surface area (Å²) in [5.41, 5.74) is 0.131. The van der Waals surface area contributed by atoms with Crippen molar-refractivity contribution in [2.45, 2.75) is 37.8 Å². The molecule has 2 unspecified atom stereocenters. The lowest BCUT2D eigenvalue weighted by Crippen LogP contribution is -2.32. The molecule has 1 saturated heterocycles. The van der Waals surface area contributed by atoms with Gasteiger partial charge in [-0.1, -0.05) is 0 Å². The minimum Gasteiger partial charge on any atom is -0.378 e. The van der Waals surface area contributed by atoms with Gasteiger partial charge in [0, 0.05) is 18.2 Å². The van der Waals surface area contributed by atoms with Gasteiger partial charge in [-0.25, -0.2) is 8.78 Å². The highest BCUT2D eigenvalue weighted by molar-refractivity contribution is 9.10. The molecular weight excluding hydrogens is 316 g/mol. The van der Waals surface area contributed by atoms with E-state index in [2.05, 4.69) is 21.2 Å². The van der Waals surface area contributed by atoms with E-state index in [1.807, 2.05) is 7.05 Å². The van der Waals surface area contributed by atoms with E-state index in [4.69, 9.17) is 4.74 Å². The van der Waals surface area contributed by atoms with Crippen LogP contribution in [0.5, 0.6) is 0 Å². The van der Waals surface area contributed by atoms with E-state index in [0.29, 0.717) is 10.9 Å². The number of nitrogens with one attached hydrogen (secondary N) is 1. The minimum atomic E-state index is -0.507. The Morgan fingerprint density at radius 2 is 2.26 bits per heavy atom. The Labute approximate surface area is 120 Å². The summed E-state index contributed by atoms with van der Waals surface area (Å²) in [6.07, 6.45) is 3.41. The predicted molar refractivity (Wildman–Crippen MR) is 74.2 cm³/mol. The van der Waals surface area contributed by atoms with Crippen molar-refractivity contribution in [3.8, 4) is 0 Å². The highest BCUT2D eigenvalue weighted by atomic mass is 79.9. The van der Waals surface area contributed by atoms with Gasteiger partial charge in [0.25, 0.3) is 0 Å². The molecule has 1 fully saturated rings. The minimum absolute atomic E-state index is 0.0152. The summed E-state index contributed by atoms with van der Waals surface area (Å²) in [6, 6.07) is 2.70. The molecule has 0 aromatic heterocycles. The number of rotatable bonds is 5. The highest BCUT2D eigenvalue weighted by Gasteiger charge is 2.22. The van der Waals surface area contributed by atoms with Crippen LogP contribution in [0.25, 0.3) is 0 Å². The van der Waals surface area contributed by atoms with Crippen molar-refractivity contribution in [3.05, 3.63) is 33.8 Å². The molecule has 19 heavy (non-hydrogen) atoms. The first-order valence-corrected chi connectivity index (χ1v) is 7.32. The van der Waals surface area contributed by atoms with E-state index in [-0.39, 0.29) is 17.7 Å². The first-order valence-electron chi connectivity index (χ1n) is 6.53.